The highest BCUT2D eigenvalue weighted by molar-refractivity contribution is 7.99. The van der Waals surface area contributed by atoms with Gasteiger partial charge in [0.15, 0.2) is 0 Å². The number of imidazole rings is 1. The highest BCUT2D eigenvalue weighted by Gasteiger charge is 2.20. The van der Waals surface area contributed by atoms with Crippen molar-refractivity contribution < 1.29 is 4.74 Å². The van der Waals surface area contributed by atoms with Gasteiger partial charge in [0, 0.05) is 16.5 Å². The minimum atomic E-state index is 0.306. The van der Waals surface area contributed by atoms with Gasteiger partial charge in [0.1, 0.15) is 17.5 Å². The van der Waals surface area contributed by atoms with E-state index >= 15 is 0 Å². The second-order valence-electron chi connectivity index (χ2n) is 6.81. The van der Waals surface area contributed by atoms with Crippen molar-refractivity contribution in [3.8, 4) is 0 Å². The monoisotopic (exact) mass is 412 g/mol. The van der Waals surface area contributed by atoms with Gasteiger partial charge >= 0.3 is 0 Å². The van der Waals surface area contributed by atoms with Gasteiger partial charge in [-0.05, 0) is 29.7 Å². The van der Waals surface area contributed by atoms with Crippen LogP contribution in [0.25, 0.3) is 0 Å². The molecule has 0 aliphatic heterocycles. The molecule has 0 aliphatic rings. The molecule has 5 heteroatoms. The van der Waals surface area contributed by atoms with Crippen LogP contribution < -0.4 is 0 Å². The Morgan fingerprint density at radius 2 is 1.93 bits per heavy atom. The van der Waals surface area contributed by atoms with Crippen molar-refractivity contribution in [1.82, 2.24) is 9.55 Å². The lowest BCUT2D eigenvalue weighted by Gasteiger charge is -2.12. The molecule has 28 heavy (non-hydrogen) atoms. The van der Waals surface area contributed by atoms with Gasteiger partial charge in [-0.3, -0.25) is 0 Å². The quantitative estimate of drug-likeness (QED) is 0.365. The van der Waals surface area contributed by atoms with Crippen LogP contribution in [0.15, 0.2) is 77.2 Å². The summed E-state index contributed by atoms with van der Waals surface area (Å²) in [4.78, 5) is 6.01. The predicted octanol–water partition coefficient (Wildman–Crippen LogP) is 6.71. The summed E-state index contributed by atoms with van der Waals surface area (Å²) in [5.74, 6) is 1.23. The van der Waals surface area contributed by atoms with Crippen LogP contribution in [-0.4, -0.2) is 9.55 Å². The molecule has 0 atom stereocenters. The molecular formula is C23H25ClN2OS. The summed E-state index contributed by atoms with van der Waals surface area (Å²) in [6, 6.07) is 18.1. The fourth-order valence-electron chi connectivity index (χ4n) is 2.89. The first-order valence-corrected chi connectivity index (χ1v) is 10.5. The Kier molecular flexibility index (Phi) is 7.37. The van der Waals surface area contributed by atoms with Crippen molar-refractivity contribution >= 4 is 23.4 Å². The number of benzene rings is 2. The van der Waals surface area contributed by atoms with E-state index in [4.69, 9.17) is 21.3 Å². The minimum absolute atomic E-state index is 0.306. The molecule has 0 aliphatic carbocycles. The topological polar surface area (TPSA) is 27.1 Å². The number of halogens is 1. The summed E-state index contributed by atoms with van der Waals surface area (Å²) in [6.45, 7) is 9.96. The summed E-state index contributed by atoms with van der Waals surface area (Å²) in [6.07, 6.45) is 1.90. The molecule has 0 saturated carbocycles. The zero-order chi connectivity index (χ0) is 19.9. The van der Waals surface area contributed by atoms with Crippen LogP contribution >= 0.6 is 23.4 Å². The van der Waals surface area contributed by atoms with E-state index in [0.717, 1.165) is 32.0 Å². The van der Waals surface area contributed by atoms with Crippen molar-refractivity contribution in [3.05, 3.63) is 89.4 Å². The van der Waals surface area contributed by atoms with Crippen LogP contribution in [0.1, 0.15) is 36.8 Å². The van der Waals surface area contributed by atoms with Crippen LogP contribution in [0.5, 0.6) is 0 Å². The third-order valence-electron chi connectivity index (χ3n) is 4.24. The van der Waals surface area contributed by atoms with Gasteiger partial charge in [-0.15, -0.1) is 6.58 Å². The minimum Gasteiger partial charge on any atom is -0.369 e. The molecule has 2 aromatic carbocycles. The number of rotatable bonds is 9. The molecule has 1 aromatic heterocycles. The summed E-state index contributed by atoms with van der Waals surface area (Å²) in [7, 11) is 0. The molecule has 3 aromatic rings. The lowest BCUT2D eigenvalue weighted by Crippen LogP contribution is -2.06. The highest BCUT2D eigenvalue weighted by Crippen LogP contribution is 2.36. The van der Waals surface area contributed by atoms with E-state index < -0.39 is 0 Å². The third-order valence-corrected chi connectivity index (χ3v) is 5.58. The summed E-state index contributed by atoms with van der Waals surface area (Å²) in [5.41, 5.74) is 2.23. The fraction of sp³-hybridized carbons (Fsp3) is 0.261. The molecule has 3 nitrogen and oxygen atoms in total. The number of hydrogen-bond donors (Lipinski definition) is 0. The molecule has 0 radical (unpaired) electrons. The maximum Gasteiger partial charge on any atom is 0.136 e. The predicted molar refractivity (Wildman–Crippen MR) is 117 cm³/mol. The largest absolute Gasteiger partial charge is 0.369 e. The Morgan fingerprint density at radius 1 is 1.14 bits per heavy atom. The number of allylic oxidation sites excluding steroid dienone is 1. The first-order chi connectivity index (χ1) is 13.6. The van der Waals surface area contributed by atoms with Crippen LogP contribution in [0, 0.1) is 0 Å². The second kappa shape index (κ2) is 9.97. The number of aromatic nitrogens is 2. The van der Waals surface area contributed by atoms with Gasteiger partial charge in [-0.2, -0.15) is 0 Å². The highest BCUT2D eigenvalue weighted by atomic mass is 35.5. The molecule has 0 bridgehead atoms. The normalized spacial score (nSPS) is 11.1. The zero-order valence-electron chi connectivity index (χ0n) is 16.3. The molecule has 0 fully saturated rings. The molecule has 0 saturated heterocycles. The van der Waals surface area contributed by atoms with Gasteiger partial charge in [0.05, 0.1) is 12.3 Å². The van der Waals surface area contributed by atoms with Crippen LogP contribution in [0.2, 0.25) is 5.02 Å². The number of hydrogen-bond acceptors (Lipinski definition) is 3. The third kappa shape index (κ3) is 5.28. The van der Waals surface area contributed by atoms with Gasteiger partial charge in [0.2, 0.25) is 0 Å². The smallest absolute Gasteiger partial charge is 0.136 e. The van der Waals surface area contributed by atoms with Gasteiger partial charge < -0.3 is 9.30 Å². The lowest BCUT2D eigenvalue weighted by molar-refractivity contribution is 0.0992. The van der Waals surface area contributed by atoms with E-state index in [2.05, 4.69) is 43.2 Å². The summed E-state index contributed by atoms with van der Waals surface area (Å²) in [5, 5.41) is 1.85. The average molecular weight is 413 g/mol. The summed E-state index contributed by atoms with van der Waals surface area (Å²) >= 11 is 7.86. The lowest BCUT2D eigenvalue weighted by atomic mass is 10.1. The van der Waals surface area contributed by atoms with E-state index in [-0.39, 0.29) is 0 Å². The van der Waals surface area contributed by atoms with Gasteiger partial charge in [0.25, 0.3) is 0 Å². The van der Waals surface area contributed by atoms with Crippen molar-refractivity contribution in [2.75, 3.05) is 0 Å². The van der Waals surface area contributed by atoms with E-state index in [1.807, 2.05) is 42.5 Å². The van der Waals surface area contributed by atoms with E-state index in [0.29, 0.717) is 25.7 Å². The van der Waals surface area contributed by atoms with E-state index in [1.165, 1.54) is 0 Å². The maximum absolute atomic E-state index is 6.17. The maximum atomic E-state index is 6.17. The second-order valence-corrected chi connectivity index (χ2v) is 8.31. The Balaban J connectivity index is 1.85. The first-order valence-electron chi connectivity index (χ1n) is 9.33. The molecule has 146 valence electrons. The van der Waals surface area contributed by atoms with Crippen LogP contribution in [0.3, 0.4) is 0 Å². The molecule has 3 rings (SSSR count). The van der Waals surface area contributed by atoms with Crippen molar-refractivity contribution in [3.63, 3.8) is 0 Å². The first kappa shape index (κ1) is 20.7. The zero-order valence-corrected chi connectivity index (χ0v) is 17.8. The Bertz CT molecular complexity index is 922. The van der Waals surface area contributed by atoms with Crippen molar-refractivity contribution in [1.29, 1.82) is 0 Å². The molecule has 0 unspecified atom stereocenters. The molecule has 0 N–H and O–H groups in total. The molecule has 1 heterocycles. The van der Waals surface area contributed by atoms with E-state index in [1.54, 1.807) is 11.8 Å². The molecule has 0 amide bonds. The Labute approximate surface area is 176 Å². The standard InChI is InChI=1S/C23H25ClN2OS/c1-4-13-26-21(16-27-15-18-9-6-5-7-10-18)25-22(17(2)3)23(26)28-20-12-8-11-19(24)14-20/h4-12,14,17H,1,13,15-16H2,2-3H3. The van der Waals surface area contributed by atoms with Crippen LogP contribution in [-0.2, 0) is 24.5 Å². The van der Waals surface area contributed by atoms with Gasteiger partial charge in [-0.1, -0.05) is 79.7 Å². The number of nitrogens with zero attached hydrogens (tertiary/aromatic N) is 2. The molecule has 0 spiro atoms. The van der Waals surface area contributed by atoms with Crippen molar-refractivity contribution in [2.24, 2.45) is 0 Å². The number of ether oxygens (including phenoxy) is 1. The fourth-order valence-corrected chi connectivity index (χ4v) is 4.38. The summed E-state index contributed by atoms with van der Waals surface area (Å²) < 4.78 is 8.16. The van der Waals surface area contributed by atoms with Crippen molar-refractivity contribution in [2.45, 2.75) is 49.4 Å². The molecular weight excluding hydrogens is 388 g/mol. The Morgan fingerprint density at radius 3 is 2.61 bits per heavy atom. The van der Waals surface area contributed by atoms with E-state index in [9.17, 15) is 0 Å². The van der Waals surface area contributed by atoms with Crippen LogP contribution in [0.4, 0.5) is 0 Å². The Hall–Kier alpha value is -2.01. The SMILES string of the molecule is C=CCn1c(COCc2ccccc2)nc(C(C)C)c1Sc1cccc(Cl)c1. The van der Waals surface area contributed by atoms with Gasteiger partial charge in [-0.25, -0.2) is 4.98 Å². The average Bonchev–Trinajstić information content (AvgIpc) is 3.01.